The summed E-state index contributed by atoms with van der Waals surface area (Å²) in [6, 6.07) is 8.81. The Balaban J connectivity index is 2.35. The lowest BCUT2D eigenvalue weighted by Gasteiger charge is -2.08. The van der Waals surface area contributed by atoms with E-state index < -0.39 is 16.9 Å². The summed E-state index contributed by atoms with van der Waals surface area (Å²) < 4.78 is 10.6. The monoisotopic (exact) mass is 300 g/mol. The summed E-state index contributed by atoms with van der Waals surface area (Å²) in [5, 5.41) is 29.2. The van der Waals surface area contributed by atoms with Crippen molar-refractivity contribution in [1.82, 2.24) is 0 Å². The molecule has 0 saturated heterocycles. The van der Waals surface area contributed by atoms with Crippen LogP contribution in [0.5, 0.6) is 23.0 Å². The van der Waals surface area contributed by atoms with E-state index in [2.05, 4.69) is 0 Å². The number of fused-ring (bicyclic) bond motifs is 1. The molecule has 0 fully saturated rings. The highest BCUT2D eigenvalue weighted by molar-refractivity contribution is 5.88. The zero-order valence-electron chi connectivity index (χ0n) is 11.5. The molecular formula is C16H12O6. The molecule has 22 heavy (non-hydrogen) atoms. The summed E-state index contributed by atoms with van der Waals surface area (Å²) in [6.07, 6.45) is 0. The van der Waals surface area contributed by atoms with Gasteiger partial charge < -0.3 is 24.5 Å². The quantitative estimate of drug-likeness (QED) is 0.672. The van der Waals surface area contributed by atoms with Gasteiger partial charge in [-0.2, -0.15) is 0 Å². The first kappa shape index (κ1) is 13.8. The Kier molecular flexibility index (Phi) is 3.14. The minimum atomic E-state index is -0.781. The van der Waals surface area contributed by atoms with E-state index in [-0.39, 0.29) is 22.5 Å². The summed E-state index contributed by atoms with van der Waals surface area (Å²) in [7, 11) is 1.49. The van der Waals surface area contributed by atoms with Crippen LogP contribution in [0.3, 0.4) is 0 Å². The van der Waals surface area contributed by atoms with Gasteiger partial charge in [-0.3, -0.25) is 4.79 Å². The first-order valence-corrected chi connectivity index (χ1v) is 6.37. The third-order valence-corrected chi connectivity index (χ3v) is 3.27. The summed E-state index contributed by atoms with van der Waals surface area (Å²) in [5.41, 5.74) is -0.381. The number of phenolic OH excluding ortho intramolecular Hbond substituents is 2. The van der Waals surface area contributed by atoms with Crippen LogP contribution in [0, 0.1) is 0 Å². The van der Waals surface area contributed by atoms with Crippen LogP contribution in [-0.2, 0) is 0 Å². The number of phenols is 2. The Labute approximate surface area is 124 Å². The molecule has 2 aromatic carbocycles. The van der Waals surface area contributed by atoms with Gasteiger partial charge in [0.2, 0.25) is 11.2 Å². The van der Waals surface area contributed by atoms with E-state index in [4.69, 9.17) is 9.15 Å². The molecule has 3 N–H and O–H groups in total. The van der Waals surface area contributed by atoms with Crippen molar-refractivity contribution in [3.05, 3.63) is 46.6 Å². The van der Waals surface area contributed by atoms with E-state index in [1.165, 1.54) is 13.2 Å². The minimum Gasteiger partial charge on any atom is -0.508 e. The molecule has 112 valence electrons. The molecule has 0 radical (unpaired) electrons. The average Bonchev–Trinajstić information content (AvgIpc) is 2.50. The fourth-order valence-electron chi connectivity index (χ4n) is 2.24. The molecule has 0 aliphatic carbocycles. The van der Waals surface area contributed by atoms with Gasteiger partial charge in [0.1, 0.15) is 28.2 Å². The van der Waals surface area contributed by atoms with Crippen molar-refractivity contribution in [3.63, 3.8) is 0 Å². The normalized spacial score (nSPS) is 10.8. The van der Waals surface area contributed by atoms with Gasteiger partial charge in [0, 0.05) is 17.7 Å². The predicted octanol–water partition coefficient (Wildman–Crippen LogP) is 2.59. The van der Waals surface area contributed by atoms with Crippen molar-refractivity contribution in [2.45, 2.75) is 0 Å². The van der Waals surface area contributed by atoms with E-state index >= 15 is 0 Å². The van der Waals surface area contributed by atoms with Gasteiger partial charge >= 0.3 is 0 Å². The first-order valence-electron chi connectivity index (χ1n) is 6.37. The fraction of sp³-hybridized carbons (Fsp3) is 0.0625. The van der Waals surface area contributed by atoms with Gasteiger partial charge in [-0.05, 0) is 12.1 Å². The lowest BCUT2D eigenvalue weighted by Crippen LogP contribution is -2.03. The second-order valence-corrected chi connectivity index (χ2v) is 4.68. The van der Waals surface area contributed by atoms with Gasteiger partial charge in [-0.1, -0.05) is 12.1 Å². The zero-order valence-corrected chi connectivity index (χ0v) is 11.5. The molecule has 0 bridgehead atoms. The van der Waals surface area contributed by atoms with E-state index in [0.29, 0.717) is 11.3 Å². The second kappa shape index (κ2) is 5.00. The van der Waals surface area contributed by atoms with Crippen LogP contribution in [-0.4, -0.2) is 22.4 Å². The summed E-state index contributed by atoms with van der Waals surface area (Å²) >= 11 is 0. The number of methoxy groups -OCH3 is 1. The average molecular weight is 300 g/mol. The number of hydrogen-bond acceptors (Lipinski definition) is 6. The lowest BCUT2D eigenvalue weighted by atomic mass is 10.1. The molecule has 0 aliphatic rings. The Hall–Kier alpha value is -3.15. The van der Waals surface area contributed by atoms with E-state index in [9.17, 15) is 20.1 Å². The molecular weight excluding hydrogens is 288 g/mol. The number of benzene rings is 2. The van der Waals surface area contributed by atoms with Crippen molar-refractivity contribution in [1.29, 1.82) is 0 Å². The van der Waals surface area contributed by atoms with Gasteiger partial charge in [-0.25, -0.2) is 0 Å². The van der Waals surface area contributed by atoms with Crippen LogP contribution < -0.4 is 10.2 Å². The Morgan fingerprint density at radius 2 is 1.86 bits per heavy atom. The summed E-state index contributed by atoms with van der Waals surface area (Å²) in [4.78, 5) is 12.2. The number of ether oxygens (including phenoxy) is 1. The zero-order chi connectivity index (χ0) is 15.9. The SMILES string of the molecule is COc1cccc(-c2oc3cc(O)cc(O)c3c(=O)c2O)c1. The number of rotatable bonds is 2. The van der Waals surface area contributed by atoms with Gasteiger partial charge in [-0.15, -0.1) is 0 Å². The maximum Gasteiger partial charge on any atom is 0.238 e. The summed E-state index contributed by atoms with van der Waals surface area (Å²) in [6.45, 7) is 0. The van der Waals surface area contributed by atoms with Crippen molar-refractivity contribution >= 4 is 11.0 Å². The third-order valence-electron chi connectivity index (χ3n) is 3.27. The Bertz CT molecular complexity index is 926. The molecule has 0 saturated carbocycles. The van der Waals surface area contributed by atoms with E-state index in [0.717, 1.165) is 6.07 Å². The van der Waals surface area contributed by atoms with Crippen LogP contribution in [0.2, 0.25) is 0 Å². The van der Waals surface area contributed by atoms with Crippen LogP contribution in [0.15, 0.2) is 45.6 Å². The Morgan fingerprint density at radius 3 is 2.59 bits per heavy atom. The number of aromatic hydroxyl groups is 3. The topological polar surface area (TPSA) is 100 Å². The van der Waals surface area contributed by atoms with Gasteiger partial charge in [0.15, 0.2) is 5.76 Å². The highest BCUT2D eigenvalue weighted by Crippen LogP contribution is 2.35. The highest BCUT2D eigenvalue weighted by atomic mass is 16.5. The van der Waals surface area contributed by atoms with Crippen LogP contribution >= 0.6 is 0 Å². The smallest absolute Gasteiger partial charge is 0.238 e. The maximum absolute atomic E-state index is 12.2. The highest BCUT2D eigenvalue weighted by Gasteiger charge is 2.18. The predicted molar refractivity (Wildman–Crippen MR) is 79.5 cm³/mol. The van der Waals surface area contributed by atoms with Crippen molar-refractivity contribution in [2.75, 3.05) is 7.11 Å². The van der Waals surface area contributed by atoms with Crippen molar-refractivity contribution in [2.24, 2.45) is 0 Å². The largest absolute Gasteiger partial charge is 0.508 e. The molecule has 0 amide bonds. The lowest BCUT2D eigenvalue weighted by molar-refractivity contribution is 0.414. The second-order valence-electron chi connectivity index (χ2n) is 4.68. The van der Waals surface area contributed by atoms with Gasteiger partial charge in [0.25, 0.3) is 0 Å². The standard InChI is InChI=1S/C16H12O6/c1-21-10-4-2-3-8(5-10)16-15(20)14(19)13-11(18)6-9(17)7-12(13)22-16/h2-7,17-18,20H,1H3. The molecule has 0 unspecified atom stereocenters. The first-order chi connectivity index (χ1) is 10.5. The molecule has 0 atom stereocenters. The molecule has 3 rings (SSSR count). The maximum atomic E-state index is 12.2. The Morgan fingerprint density at radius 1 is 1.09 bits per heavy atom. The molecule has 1 aromatic heterocycles. The van der Waals surface area contributed by atoms with Crippen LogP contribution in [0.4, 0.5) is 0 Å². The molecule has 1 heterocycles. The fourth-order valence-corrected chi connectivity index (χ4v) is 2.24. The molecule has 3 aromatic rings. The summed E-state index contributed by atoms with van der Waals surface area (Å²) in [5.74, 6) is -0.881. The molecule has 6 heteroatoms. The minimum absolute atomic E-state index is 0.0295. The molecule has 0 spiro atoms. The van der Waals surface area contributed by atoms with Crippen molar-refractivity contribution in [3.8, 4) is 34.3 Å². The van der Waals surface area contributed by atoms with Crippen LogP contribution in [0.1, 0.15) is 0 Å². The third kappa shape index (κ3) is 2.10. The molecule has 6 nitrogen and oxygen atoms in total. The van der Waals surface area contributed by atoms with Crippen molar-refractivity contribution < 1.29 is 24.5 Å². The number of hydrogen-bond donors (Lipinski definition) is 3. The van der Waals surface area contributed by atoms with Crippen LogP contribution in [0.25, 0.3) is 22.3 Å². The molecule has 0 aliphatic heterocycles. The van der Waals surface area contributed by atoms with E-state index in [1.807, 2.05) is 0 Å². The van der Waals surface area contributed by atoms with Gasteiger partial charge in [0.05, 0.1) is 7.11 Å². The van der Waals surface area contributed by atoms with E-state index in [1.54, 1.807) is 24.3 Å².